The summed E-state index contributed by atoms with van der Waals surface area (Å²) in [6.07, 6.45) is 0. The van der Waals surface area contributed by atoms with Crippen molar-refractivity contribution in [2.75, 3.05) is 12.4 Å². The topological polar surface area (TPSA) is 81.5 Å². The number of anilines is 1. The molecule has 0 radical (unpaired) electrons. The number of nitrogens with one attached hydrogen (secondary N) is 1. The van der Waals surface area contributed by atoms with Crippen molar-refractivity contribution < 1.29 is 18.8 Å². The highest BCUT2D eigenvalue weighted by molar-refractivity contribution is 5.81. The molecule has 110 valence electrons. The lowest BCUT2D eigenvalue weighted by atomic mass is 10.0. The third kappa shape index (κ3) is 3.43. The van der Waals surface area contributed by atoms with Gasteiger partial charge in [-0.3, -0.25) is 10.1 Å². The van der Waals surface area contributed by atoms with Gasteiger partial charge in [0.25, 0.3) is 5.69 Å². The van der Waals surface area contributed by atoms with Gasteiger partial charge in [0.05, 0.1) is 18.1 Å². The second-order valence-corrected chi connectivity index (χ2v) is 4.76. The molecule has 1 aromatic carbocycles. The van der Waals surface area contributed by atoms with Gasteiger partial charge in [0.2, 0.25) is 0 Å². The van der Waals surface area contributed by atoms with Gasteiger partial charge in [-0.25, -0.2) is 9.18 Å². The summed E-state index contributed by atoms with van der Waals surface area (Å²) in [4.78, 5) is 21.9. The van der Waals surface area contributed by atoms with Gasteiger partial charge in [0.1, 0.15) is 17.5 Å². The number of benzene rings is 1. The lowest BCUT2D eigenvalue weighted by Crippen LogP contribution is -2.35. The van der Waals surface area contributed by atoms with Crippen LogP contribution >= 0.6 is 0 Å². The van der Waals surface area contributed by atoms with Crippen LogP contribution in [0.5, 0.6) is 0 Å². The summed E-state index contributed by atoms with van der Waals surface area (Å²) in [7, 11) is 1.24. The number of nitrogens with zero attached hydrogens (tertiary/aromatic N) is 1. The summed E-state index contributed by atoms with van der Waals surface area (Å²) < 4.78 is 18.1. The van der Waals surface area contributed by atoms with Gasteiger partial charge in [-0.15, -0.1) is 0 Å². The van der Waals surface area contributed by atoms with Crippen LogP contribution < -0.4 is 5.32 Å². The van der Waals surface area contributed by atoms with Crippen LogP contribution in [0.4, 0.5) is 15.8 Å². The number of ether oxygens (including phenoxy) is 1. The predicted molar refractivity (Wildman–Crippen MR) is 72.1 cm³/mol. The van der Waals surface area contributed by atoms with Gasteiger partial charge in [0, 0.05) is 0 Å². The summed E-state index contributed by atoms with van der Waals surface area (Å²) in [5, 5.41) is 13.7. The van der Waals surface area contributed by atoms with E-state index >= 15 is 0 Å². The Hall–Kier alpha value is -2.18. The van der Waals surface area contributed by atoms with Crippen LogP contribution in [0.2, 0.25) is 0 Å². The van der Waals surface area contributed by atoms with Gasteiger partial charge >= 0.3 is 5.97 Å². The highest BCUT2D eigenvalue weighted by atomic mass is 19.1. The Labute approximate surface area is 116 Å². The predicted octanol–water partition coefficient (Wildman–Crippen LogP) is 2.65. The lowest BCUT2D eigenvalue weighted by molar-refractivity contribution is -0.384. The Balaban J connectivity index is 3.21. The highest BCUT2D eigenvalue weighted by Crippen LogP contribution is 2.29. The number of nitro groups is 1. The largest absolute Gasteiger partial charge is 0.467 e. The minimum atomic E-state index is -0.747. The summed E-state index contributed by atoms with van der Waals surface area (Å²) in [6, 6.07) is 1.40. The fourth-order valence-electron chi connectivity index (χ4n) is 1.73. The van der Waals surface area contributed by atoms with Crippen molar-refractivity contribution in [2.45, 2.75) is 26.8 Å². The number of aryl methyl sites for hydroxylation is 1. The van der Waals surface area contributed by atoms with Gasteiger partial charge in [-0.2, -0.15) is 0 Å². The quantitative estimate of drug-likeness (QED) is 0.510. The Kier molecular flexibility index (Phi) is 5.01. The average Bonchev–Trinajstić information content (AvgIpc) is 2.37. The SMILES string of the molecule is COC(=O)C(Nc1cc(C)c(F)cc1[N+](=O)[O-])C(C)C. The molecular formula is C13H17FN2O4. The van der Waals surface area contributed by atoms with Crippen LogP contribution in [0.1, 0.15) is 19.4 Å². The van der Waals surface area contributed by atoms with Gasteiger partial charge in [-0.05, 0) is 24.5 Å². The average molecular weight is 284 g/mol. The Morgan fingerprint density at radius 2 is 2.05 bits per heavy atom. The first kappa shape index (κ1) is 15.9. The number of carbonyl (C=O) groups is 1. The van der Waals surface area contributed by atoms with Crippen LogP contribution in [0.25, 0.3) is 0 Å². The molecule has 1 atom stereocenters. The van der Waals surface area contributed by atoms with E-state index in [1.807, 2.05) is 0 Å². The molecule has 0 fully saturated rings. The molecule has 20 heavy (non-hydrogen) atoms. The van der Waals surface area contributed by atoms with E-state index in [1.54, 1.807) is 13.8 Å². The van der Waals surface area contributed by atoms with E-state index in [1.165, 1.54) is 20.1 Å². The van der Waals surface area contributed by atoms with Crippen molar-refractivity contribution in [3.63, 3.8) is 0 Å². The minimum Gasteiger partial charge on any atom is -0.467 e. The van der Waals surface area contributed by atoms with Crippen LogP contribution in [0, 0.1) is 28.8 Å². The zero-order valence-corrected chi connectivity index (χ0v) is 11.8. The van der Waals surface area contributed by atoms with E-state index in [9.17, 15) is 19.3 Å². The third-order valence-electron chi connectivity index (χ3n) is 2.91. The molecule has 0 heterocycles. The monoisotopic (exact) mass is 284 g/mol. The van der Waals surface area contributed by atoms with Crippen LogP contribution in [0.15, 0.2) is 12.1 Å². The zero-order valence-electron chi connectivity index (χ0n) is 11.8. The minimum absolute atomic E-state index is 0.0954. The number of carbonyl (C=O) groups excluding carboxylic acids is 1. The van der Waals surface area contributed by atoms with Gasteiger partial charge in [-0.1, -0.05) is 13.8 Å². The number of hydrogen-bond acceptors (Lipinski definition) is 5. The molecule has 0 aliphatic carbocycles. The van der Waals surface area contributed by atoms with Crippen LogP contribution in [-0.4, -0.2) is 24.0 Å². The fourth-order valence-corrected chi connectivity index (χ4v) is 1.73. The number of nitro benzene ring substituents is 1. The van der Waals surface area contributed by atoms with Gasteiger partial charge < -0.3 is 10.1 Å². The maximum Gasteiger partial charge on any atom is 0.328 e. The number of esters is 1. The first-order valence-corrected chi connectivity index (χ1v) is 6.06. The van der Waals surface area contributed by atoms with Gasteiger partial charge in [0.15, 0.2) is 0 Å². The molecule has 0 aliphatic rings. The maximum absolute atomic E-state index is 13.4. The van der Waals surface area contributed by atoms with Crippen molar-refractivity contribution in [1.82, 2.24) is 0 Å². The molecule has 1 unspecified atom stereocenters. The zero-order chi connectivity index (χ0) is 15.4. The van der Waals surface area contributed by atoms with E-state index in [2.05, 4.69) is 10.1 Å². The normalized spacial score (nSPS) is 12.1. The highest BCUT2D eigenvalue weighted by Gasteiger charge is 2.26. The van der Waals surface area contributed by atoms with Crippen molar-refractivity contribution in [2.24, 2.45) is 5.92 Å². The molecule has 0 spiro atoms. The first-order valence-electron chi connectivity index (χ1n) is 6.06. The smallest absolute Gasteiger partial charge is 0.328 e. The van der Waals surface area contributed by atoms with Crippen molar-refractivity contribution in [3.8, 4) is 0 Å². The molecule has 1 rings (SSSR count). The van der Waals surface area contributed by atoms with Crippen molar-refractivity contribution in [1.29, 1.82) is 0 Å². The van der Waals surface area contributed by atoms with Crippen LogP contribution in [-0.2, 0) is 9.53 Å². The summed E-state index contributed by atoms with van der Waals surface area (Å²) in [5.74, 6) is -1.34. The Bertz CT molecular complexity index is 531. The Morgan fingerprint density at radius 3 is 2.50 bits per heavy atom. The summed E-state index contributed by atoms with van der Waals surface area (Å²) in [6.45, 7) is 5.04. The number of hydrogen-bond donors (Lipinski definition) is 1. The summed E-state index contributed by atoms with van der Waals surface area (Å²) in [5.41, 5.74) is -0.0638. The fraction of sp³-hybridized carbons (Fsp3) is 0.462. The van der Waals surface area contributed by atoms with E-state index < -0.39 is 28.4 Å². The van der Waals surface area contributed by atoms with E-state index in [0.29, 0.717) is 0 Å². The first-order chi connectivity index (χ1) is 9.27. The summed E-state index contributed by atoms with van der Waals surface area (Å²) >= 11 is 0. The molecule has 0 saturated heterocycles. The maximum atomic E-state index is 13.4. The molecule has 0 bridgehead atoms. The molecule has 0 aromatic heterocycles. The molecular weight excluding hydrogens is 267 g/mol. The number of rotatable bonds is 5. The standard InChI is InChI=1S/C13H17FN2O4/c1-7(2)12(13(17)20-4)15-10-5-8(3)9(14)6-11(10)16(18)19/h5-7,12,15H,1-4H3. The number of halogens is 1. The van der Waals surface area contributed by atoms with Crippen molar-refractivity contribution >= 4 is 17.3 Å². The molecule has 0 amide bonds. The van der Waals surface area contributed by atoms with Crippen molar-refractivity contribution in [3.05, 3.63) is 33.6 Å². The van der Waals surface area contributed by atoms with E-state index in [0.717, 1.165) is 6.07 Å². The second-order valence-electron chi connectivity index (χ2n) is 4.76. The Morgan fingerprint density at radius 1 is 1.45 bits per heavy atom. The third-order valence-corrected chi connectivity index (χ3v) is 2.91. The van der Waals surface area contributed by atoms with Crippen LogP contribution in [0.3, 0.4) is 0 Å². The number of methoxy groups -OCH3 is 1. The lowest BCUT2D eigenvalue weighted by Gasteiger charge is -2.21. The molecule has 0 saturated carbocycles. The molecule has 7 heteroatoms. The molecule has 1 aromatic rings. The van der Waals surface area contributed by atoms with E-state index in [-0.39, 0.29) is 17.2 Å². The second kappa shape index (κ2) is 6.31. The van der Waals surface area contributed by atoms with E-state index in [4.69, 9.17) is 0 Å². The molecule has 0 aliphatic heterocycles. The molecule has 1 N–H and O–H groups in total. The molecule has 6 nitrogen and oxygen atoms in total.